The van der Waals surface area contributed by atoms with Gasteiger partial charge in [-0.3, -0.25) is 0 Å². The molecule has 0 saturated carbocycles. The number of carbonyl (C=O) groups excluding carboxylic acids is 1. The molecular formula is C10H20N2O4. The van der Waals surface area contributed by atoms with E-state index in [1.165, 1.54) is 0 Å². The minimum Gasteiger partial charge on any atom is -0.479 e. The van der Waals surface area contributed by atoms with Crippen molar-refractivity contribution in [3.8, 4) is 0 Å². The van der Waals surface area contributed by atoms with Gasteiger partial charge in [-0.1, -0.05) is 6.92 Å². The zero-order chi connectivity index (χ0) is 12.8. The van der Waals surface area contributed by atoms with Gasteiger partial charge in [0.1, 0.15) is 0 Å². The van der Waals surface area contributed by atoms with E-state index < -0.39 is 12.1 Å². The molecule has 94 valence electrons. The summed E-state index contributed by atoms with van der Waals surface area (Å²) in [6.07, 6.45) is -0.646. The van der Waals surface area contributed by atoms with Crippen molar-refractivity contribution in [2.45, 2.75) is 45.3 Å². The first-order valence-electron chi connectivity index (χ1n) is 5.25. The van der Waals surface area contributed by atoms with Crippen molar-refractivity contribution in [2.24, 2.45) is 0 Å². The first kappa shape index (κ1) is 14.7. The fourth-order valence-corrected chi connectivity index (χ4v) is 0.886. The Kier molecular flexibility index (Phi) is 5.81. The molecule has 0 rings (SSSR count). The number of carboxylic acid groups (broad SMARTS) is 1. The summed E-state index contributed by atoms with van der Waals surface area (Å²) >= 11 is 0. The summed E-state index contributed by atoms with van der Waals surface area (Å²) in [5.41, 5.74) is -0.296. The van der Waals surface area contributed by atoms with Crippen LogP contribution in [0.5, 0.6) is 0 Å². The zero-order valence-electron chi connectivity index (χ0n) is 9.91. The van der Waals surface area contributed by atoms with E-state index in [9.17, 15) is 9.59 Å². The highest BCUT2D eigenvalue weighted by Gasteiger charge is 2.18. The van der Waals surface area contributed by atoms with Gasteiger partial charge in [0.25, 0.3) is 0 Å². The van der Waals surface area contributed by atoms with Crippen LogP contribution in [-0.4, -0.2) is 40.4 Å². The summed E-state index contributed by atoms with van der Waals surface area (Å²) < 4.78 is 0. The second-order valence-electron chi connectivity index (χ2n) is 4.26. The Hall–Kier alpha value is -1.30. The summed E-state index contributed by atoms with van der Waals surface area (Å²) in [6.45, 7) is 5.85. The predicted octanol–water partition coefficient (Wildman–Crippen LogP) is 0.310. The lowest BCUT2D eigenvalue weighted by molar-refractivity contribution is -0.146. The van der Waals surface area contributed by atoms with Crippen molar-refractivity contribution in [3.05, 3.63) is 0 Å². The molecule has 0 aliphatic heterocycles. The van der Waals surface area contributed by atoms with Crippen LogP contribution in [0.3, 0.4) is 0 Å². The highest BCUT2D eigenvalue weighted by atomic mass is 16.4. The lowest BCUT2D eigenvalue weighted by Crippen LogP contribution is -2.48. The van der Waals surface area contributed by atoms with E-state index in [2.05, 4.69) is 10.6 Å². The van der Waals surface area contributed by atoms with Crippen LogP contribution >= 0.6 is 0 Å². The number of aliphatic carboxylic acids is 1. The molecule has 1 unspecified atom stereocenters. The second kappa shape index (κ2) is 6.32. The van der Waals surface area contributed by atoms with Crippen LogP contribution in [0.15, 0.2) is 0 Å². The Morgan fingerprint density at radius 3 is 2.38 bits per heavy atom. The molecule has 0 saturated heterocycles. The minimum absolute atomic E-state index is 0.00466. The van der Waals surface area contributed by atoms with E-state index in [0.29, 0.717) is 0 Å². The third-order valence-electron chi connectivity index (χ3n) is 2.32. The normalized spacial score (nSPS) is 13.0. The SMILES string of the molecule is CCC(C)(C)NC(=O)NCCC(O)C(=O)O. The van der Waals surface area contributed by atoms with Crippen molar-refractivity contribution < 1.29 is 19.8 Å². The van der Waals surface area contributed by atoms with E-state index >= 15 is 0 Å². The van der Waals surface area contributed by atoms with Crippen molar-refractivity contribution in [1.82, 2.24) is 10.6 Å². The molecule has 0 aromatic rings. The molecule has 0 fully saturated rings. The number of carboxylic acids is 1. The fourth-order valence-electron chi connectivity index (χ4n) is 0.886. The number of aliphatic hydroxyl groups is 1. The van der Waals surface area contributed by atoms with Crippen LogP contribution in [0.1, 0.15) is 33.6 Å². The highest BCUT2D eigenvalue weighted by Crippen LogP contribution is 2.05. The number of hydrogen-bond acceptors (Lipinski definition) is 3. The third kappa shape index (κ3) is 6.23. The van der Waals surface area contributed by atoms with Crippen molar-refractivity contribution in [2.75, 3.05) is 6.54 Å². The molecule has 4 N–H and O–H groups in total. The van der Waals surface area contributed by atoms with Crippen molar-refractivity contribution in [1.29, 1.82) is 0 Å². The summed E-state index contributed by atoms with van der Waals surface area (Å²) in [5, 5.41) is 22.6. The Bertz CT molecular complexity index is 253. The molecule has 6 heteroatoms. The Labute approximate surface area is 95.0 Å². The Morgan fingerprint density at radius 2 is 1.94 bits per heavy atom. The molecule has 0 aromatic heterocycles. The molecule has 0 heterocycles. The van der Waals surface area contributed by atoms with Gasteiger partial charge < -0.3 is 20.8 Å². The van der Waals surface area contributed by atoms with Crippen LogP contribution in [-0.2, 0) is 4.79 Å². The van der Waals surface area contributed by atoms with Gasteiger partial charge in [-0.05, 0) is 20.3 Å². The number of urea groups is 1. The van der Waals surface area contributed by atoms with Gasteiger partial charge in [-0.25, -0.2) is 9.59 Å². The third-order valence-corrected chi connectivity index (χ3v) is 2.32. The maximum absolute atomic E-state index is 11.3. The summed E-state index contributed by atoms with van der Waals surface area (Å²) in [4.78, 5) is 21.6. The van der Waals surface area contributed by atoms with Crippen molar-refractivity contribution in [3.63, 3.8) is 0 Å². The quantitative estimate of drug-likeness (QED) is 0.529. The Morgan fingerprint density at radius 1 is 1.38 bits per heavy atom. The van der Waals surface area contributed by atoms with Crippen LogP contribution in [0.4, 0.5) is 4.79 Å². The van der Waals surface area contributed by atoms with E-state index in [0.717, 1.165) is 6.42 Å². The predicted molar refractivity (Wildman–Crippen MR) is 59.2 cm³/mol. The van der Waals surface area contributed by atoms with Gasteiger partial charge >= 0.3 is 12.0 Å². The minimum atomic E-state index is -1.43. The highest BCUT2D eigenvalue weighted by molar-refractivity contribution is 5.75. The average Bonchev–Trinajstić information content (AvgIpc) is 2.16. The van der Waals surface area contributed by atoms with Gasteiger partial charge in [0.15, 0.2) is 6.10 Å². The summed E-state index contributed by atoms with van der Waals surface area (Å²) in [6, 6.07) is -0.357. The largest absolute Gasteiger partial charge is 0.479 e. The molecule has 6 nitrogen and oxygen atoms in total. The molecular weight excluding hydrogens is 212 g/mol. The van der Waals surface area contributed by atoms with Crippen LogP contribution in [0.2, 0.25) is 0 Å². The molecule has 0 bridgehead atoms. The molecule has 16 heavy (non-hydrogen) atoms. The lowest BCUT2D eigenvalue weighted by Gasteiger charge is -2.24. The standard InChI is InChI=1S/C10H20N2O4/c1-4-10(2,3)12-9(16)11-6-5-7(13)8(14)15/h7,13H,4-6H2,1-3H3,(H,14,15)(H2,11,12,16). The number of rotatable bonds is 6. The fraction of sp³-hybridized carbons (Fsp3) is 0.800. The van der Waals surface area contributed by atoms with E-state index in [1.54, 1.807) is 0 Å². The maximum Gasteiger partial charge on any atom is 0.332 e. The number of aliphatic hydroxyl groups excluding tert-OH is 1. The van der Waals surface area contributed by atoms with Gasteiger partial charge in [0.2, 0.25) is 0 Å². The lowest BCUT2D eigenvalue weighted by atomic mass is 10.0. The van der Waals surface area contributed by atoms with Gasteiger partial charge in [-0.15, -0.1) is 0 Å². The monoisotopic (exact) mass is 232 g/mol. The van der Waals surface area contributed by atoms with Gasteiger partial charge in [0, 0.05) is 18.5 Å². The summed E-state index contributed by atoms with van der Waals surface area (Å²) in [5.74, 6) is -1.28. The number of carbonyl (C=O) groups is 2. The smallest absolute Gasteiger partial charge is 0.332 e. The van der Waals surface area contributed by atoms with Crippen molar-refractivity contribution >= 4 is 12.0 Å². The molecule has 1 atom stereocenters. The van der Waals surface area contributed by atoms with E-state index in [-0.39, 0.29) is 24.5 Å². The number of hydrogen-bond donors (Lipinski definition) is 4. The zero-order valence-corrected chi connectivity index (χ0v) is 9.91. The Balaban J connectivity index is 3.79. The van der Waals surface area contributed by atoms with E-state index in [4.69, 9.17) is 10.2 Å². The van der Waals surface area contributed by atoms with E-state index in [1.807, 2.05) is 20.8 Å². The molecule has 0 aliphatic carbocycles. The second-order valence-corrected chi connectivity index (χ2v) is 4.26. The number of nitrogens with one attached hydrogen (secondary N) is 2. The van der Waals surface area contributed by atoms with Crippen LogP contribution < -0.4 is 10.6 Å². The first-order valence-corrected chi connectivity index (χ1v) is 5.25. The number of amides is 2. The topological polar surface area (TPSA) is 98.7 Å². The van der Waals surface area contributed by atoms with Gasteiger partial charge in [0.05, 0.1) is 0 Å². The maximum atomic E-state index is 11.3. The molecule has 0 aromatic carbocycles. The van der Waals surface area contributed by atoms with Crippen LogP contribution in [0.25, 0.3) is 0 Å². The van der Waals surface area contributed by atoms with Gasteiger partial charge in [-0.2, -0.15) is 0 Å². The first-order chi connectivity index (χ1) is 7.28. The summed E-state index contributed by atoms with van der Waals surface area (Å²) in [7, 11) is 0. The molecule has 0 radical (unpaired) electrons. The average molecular weight is 232 g/mol. The van der Waals surface area contributed by atoms with Crippen LogP contribution in [0, 0.1) is 0 Å². The molecule has 0 aliphatic rings. The molecule has 2 amide bonds. The molecule has 0 spiro atoms.